The number of carbonyl (C=O) groups is 1. The van der Waals surface area contributed by atoms with E-state index in [2.05, 4.69) is 4.98 Å². The Labute approximate surface area is 147 Å². The molecule has 2 aromatic heterocycles. The molecule has 0 aliphatic carbocycles. The van der Waals surface area contributed by atoms with Gasteiger partial charge in [0.05, 0.1) is 11.2 Å². The molecule has 0 saturated heterocycles. The molecule has 7 heteroatoms. The Bertz CT molecular complexity index is 953. The maximum absolute atomic E-state index is 12.2. The number of alkyl halides is 1. The number of pyridine rings is 1. The summed E-state index contributed by atoms with van der Waals surface area (Å²) in [6.07, 6.45) is 2.72. The lowest BCUT2D eigenvalue weighted by Gasteiger charge is -2.05. The van der Waals surface area contributed by atoms with Crippen molar-refractivity contribution in [2.75, 3.05) is 0 Å². The average molecular weight is 366 g/mol. The molecule has 1 aromatic carbocycles. The summed E-state index contributed by atoms with van der Waals surface area (Å²) in [5, 5.41) is 0.895. The molecule has 0 spiro atoms. The Balaban J connectivity index is 0.00000208. The molecule has 3 rings (SSSR count). The second-order valence-electron chi connectivity index (χ2n) is 4.68. The summed E-state index contributed by atoms with van der Waals surface area (Å²) >= 11 is 11.6. The van der Waals surface area contributed by atoms with Gasteiger partial charge >= 0.3 is 11.6 Å². The minimum absolute atomic E-state index is 0. The molecule has 0 N–H and O–H groups in total. The first-order valence-electron chi connectivity index (χ1n) is 6.52. The van der Waals surface area contributed by atoms with E-state index in [1.165, 1.54) is 24.5 Å². The quantitative estimate of drug-likeness (QED) is 0.390. The molecule has 0 radical (unpaired) electrons. The normalized spacial score (nSPS) is 10.2. The summed E-state index contributed by atoms with van der Waals surface area (Å²) in [4.78, 5) is 27.9. The number of ether oxygens (including phenoxy) is 1. The van der Waals surface area contributed by atoms with Crippen LogP contribution in [0, 0.1) is 0 Å². The molecule has 0 bridgehead atoms. The summed E-state index contributed by atoms with van der Waals surface area (Å²) in [5.74, 6) is -0.402. The van der Waals surface area contributed by atoms with Crippen molar-refractivity contribution >= 4 is 40.1 Å². The van der Waals surface area contributed by atoms with Crippen molar-refractivity contribution in [3.63, 3.8) is 0 Å². The highest BCUT2D eigenvalue weighted by atomic mass is 35.5. The van der Waals surface area contributed by atoms with Crippen molar-refractivity contribution in [2.45, 2.75) is 13.3 Å². The molecule has 24 heavy (non-hydrogen) atoms. The molecule has 0 atom stereocenters. The molecular formula is C17H13Cl2NO4. The van der Waals surface area contributed by atoms with Crippen LogP contribution in [0.4, 0.5) is 0 Å². The number of hydrogen-bond donors (Lipinski definition) is 0. The van der Waals surface area contributed by atoms with Crippen molar-refractivity contribution in [3.05, 3.63) is 69.3 Å². The SMILES string of the molecule is C.O=C(Oc1cncc(Cl)c1)c1cc2cc(CCl)ccc2oc1=O. The van der Waals surface area contributed by atoms with Gasteiger partial charge in [-0.3, -0.25) is 4.98 Å². The van der Waals surface area contributed by atoms with E-state index in [0.717, 1.165) is 5.56 Å². The minimum Gasteiger partial charge on any atom is -0.422 e. The molecular weight excluding hydrogens is 353 g/mol. The number of fused-ring (bicyclic) bond motifs is 1. The first kappa shape index (κ1) is 18.0. The highest BCUT2D eigenvalue weighted by Gasteiger charge is 2.16. The lowest BCUT2D eigenvalue weighted by atomic mass is 10.1. The molecule has 0 fully saturated rings. The van der Waals surface area contributed by atoms with E-state index < -0.39 is 11.6 Å². The zero-order chi connectivity index (χ0) is 16.4. The van der Waals surface area contributed by atoms with Gasteiger partial charge in [0.1, 0.15) is 11.1 Å². The third-order valence-corrected chi connectivity index (χ3v) is 3.58. The number of nitrogens with zero attached hydrogens (tertiary/aromatic N) is 1. The second-order valence-corrected chi connectivity index (χ2v) is 5.39. The van der Waals surface area contributed by atoms with E-state index in [1.54, 1.807) is 18.2 Å². The molecule has 0 unspecified atom stereocenters. The monoisotopic (exact) mass is 365 g/mol. The van der Waals surface area contributed by atoms with Gasteiger partial charge in [0.2, 0.25) is 0 Å². The highest BCUT2D eigenvalue weighted by Crippen LogP contribution is 2.19. The summed E-state index contributed by atoms with van der Waals surface area (Å²) in [7, 11) is 0. The lowest BCUT2D eigenvalue weighted by molar-refractivity contribution is 0.0730. The molecule has 0 saturated carbocycles. The van der Waals surface area contributed by atoms with Gasteiger partial charge in [0.25, 0.3) is 0 Å². The molecule has 5 nitrogen and oxygen atoms in total. The zero-order valence-electron chi connectivity index (χ0n) is 11.6. The Hall–Kier alpha value is -2.37. The molecule has 3 aromatic rings. The first-order chi connectivity index (χ1) is 11.1. The smallest absolute Gasteiger partial charge is 0.351 e. The van der Waals surface area contributed by atoms with Crippen LogP contribution in [0.25, 0.3) is 11.0 Å². The van der Waals surface area contributed by atoms with E-state index in [-0.39, 0.29) is 18.7 Å². The van der Waals surface area contributed by atoms with Crippen LogP contribution >= 0.6 is 23.2 Å². The summed E-state index contributed by atoms with van der Waals surface area (Å²) in [5.41, 5.74) is 0.205. The fraction of sp³-hybridized carbons (Fsp3) is 0.118. The zero-order valence-corrected chi connectivity index (χ0v) is 13.1. The van der Waals surface area contributed by atoms with E-state index in [1.807, 2.05) is 0 Å². The Morgan fingerprint density at radius 1 is 1.21 bits per heavy atom. The first-order valence-corrected chi connectivity index (χ1v) is 7.43. The summed E-state index contributed by atoms with van der Waals surface area (Å²) < 4.78 is 10.2. The number of hydrogen-bond acceptors (Lipinski definition) is 5. The summed E-state index contributed by atoms with van der Waals surface area (Å²) in [6.45, 7) is 0. The third-order valence-electron chi connectivity index (χ3n) is 3.06. The number of rotatable bonds is 3. The summed E-state index contributed by atoms with van der Waals surface area (Å²) in [6, 6.07) is 7.94. The van der Waals surface area contributed by atoms with Gasteiger partial charge in [-0.2, -0.15) is 0 Å². The molecule has 2 heterocycles. The van der Waals surface area contributed by atoms with E-state index in [0.29, 0.717) is 21.9 Å². The number of carbonyl (C=O) groups excluding carboxylic acids is 1. The minimum atomic E-state index is -0.846. The van der Waals surface area contributed by atoms with Gasteiger partial charge in [-0.15, -0.1) is 11.6 Å². The van der Waals surface area contributed by atoms with Crippen LogP contribution in [-0.2, 0) is 5.88 Å². The van der Waals surface area contributed by atoms with E-state index >= 15 is 0 Å². The standard InChI is InChI=1S/C16H9Cl2NO4.CH4/c17-6-9-1-2-14-10(3-9)4-13(16(21)23-14)15(20)22-12-5-11(18)7-19-8-12;/h1-5,7-8H,6H2;1H4. The van der Waals surface area contributed by atoms with Crippen LogP contribution in [0.3, 0.4) is 0 Å². The van der Waals surface area contributed by atoms with Crippen LogP contribution in [0.2, 0.25) is 5.02 Å². The van der Waals surface area contributed by atoms with Crippen LogP contribution in [0.1, 0.15) is 23.3 Å². The predicted molar refractivity (Wildman–Crippen MR) is 93.0 cm³/mol. The van der Waals surface area contributed by atoms with Crippen LogP contribution in [0.5, 0.6) is 5.75 Å². The van der Waals surface area contributed by atoms with Crippen LogP contribution < -0.4 is 10.4 Å². The van der Waals surface area contributed by atoms with Gasteiger partial charge in [0.15, 0.2) is 5.75 Å². The maximum Gasteiger partial charge on any atom is 0.351 e. The fourth-order valence-electron chi connectivity index (χ4n) is 2.01. The van der Waals surface area contributed by atoms with Crippen molar-refractivity contribution in [2.24, 2.45) is 0 Å². The number of benzene rings is 1. The predicted octanol–water partition coefficient (Wildman–Crippen LogP) is 4.44. The van der Waals surface area contributed by atoms with Gasteiger partial charge < -0.3 is 9.15 Å². The average Bonchev–Trinajstić information content (AvgIpc) is 2.53. The topological polar surface area (TPSA) is 69.4 Å². The largest absolute Gasteiger partial charge is 0.422 e. The molecule has 124 valence electrons. The van der Waals surface area contributed by atoms with Gasteiger partial charge in [-0.05, 0) is 23.8 Å². The Morgan fingerprint density at radius 2 is 2.00 bits per heavy atom. The second kappa shape index (κ2) is 7.47. The molecule has 0 amide bonds. The number of aromatic nitrogens is 1. The fourth-order valence-corrected chi connectivity index (χ4v) is 2.34. The van der Waals surface area contributed by atoms with Gasteiger partial charge in [-0.25, -0.2) is 9.59 Å². The third kappa shape index (κ3) is 3.75. The van der Waals surface area contributed by atoms with Crippen molar-refractivity contribution in [1.82, 2.24) is 4.98 Å². The number of halogens is 2. The van der Waals surface area contributed by atoms with Gasteiger partial charge in [-0.1, -0.05) is 25.1 Å². The van der Waals surface area contributed by atoms with Gasteiger partial charge in [0, 0.05) is 23.5 Å². The van der Waals surface area contributed by atoms with E-state index in [9.17, 15) is 9.59 Å². The van der Waals surface area contributed by atoms with Crippen molar-refractivity contribution < 1.29 is 13.9 Å². The Kier molecular flexibility index (Phi) is 5.59. The Morgan fingerprint density at radius 3 is 2.71 bits per heavy atom. The molecule has 0 aliphatic rings. The highest BCUT2D eigenvalue weighted by molar-refractivity contribution is 6.30. The van der Waals surface area contributed by atoms with E-state index in [4.69, 9.17) is 32.4 Å². The van der Waals surface area contributed by atoms with Crippen LogP contribution in [-0.4, -0.2) is 11.0 Å². The van der Waals surface area contributed by atoms with Crippen molar-refractivity contribution in [1.29, 1.82) is 0 Å². The maximum atomic E-state index is 12.2. The number of esters is 1. The van der Waals surface area contributed by atoms with Crippen molar-refractivity contribution in [3.8, 4) is 5.75 Å². The molecule has 0 aliphatic heterocycles. The van der Waals surface area contributed by atoms with Crippen LogP contribution in [0.15, 0.2) is 51.9 Å². The lowest BCUT2D eigenvalue weighted by Crippen LogP contribution is -2.18.